The number of para-hydroxylation sites is 1. The Morgan fingerprint density at radius 2 is 2.25 bits per heavy atom. The van der Waals surface area contributed by atoms with Crippen LogP contribution in [0.5, 0.6) is 0 Å². The maximum atomic E-state index is 12.5. The number of benzene rings is 1. The number of nitrogens with one attached hydrogen (secondary N) is 2. The van der Waals surface area contributed by atoms with Gasteiger partial charge in [-0.05, 0) is 31.4 Å². The standard InChI is InChI=1S/C16H22N2O2/c1-11(12-7-9-20-10-12)18-16(19)14-6-8-17-15-5-3-2-4-13(14)15/h2-5,11-12,14,17H,6-10H2,1H3,(H,18,19). The molecular formula is C16H22N2O2. The maximum Gasteiger partial charge on any atom is 0.227 e. The van der Waals surface area contributed by atoms with E-state index in [1.165, 1.54) is 0 Å². The Labute approximate surface area is 119 Å². The maximum absolute atomic E-state index is 12.5. The van der Waals surface area contributed by atoms with Crippen molar-refractivity contribution in [3.8, 4) is 0 Å². The molecule has 1 aromatic carbocycles. The molecule has 3 unspecified atom stereocenters. The van der Waals surface area contributed by atoms with Gasteiger partial charge >= 0.3 is 0 Å². The van der Waals surface area contributed by atoms with E-state index < -0.39 is 0 Å². The highest BCUT2D eigenvalue weighted by atomic mass is 16.5. The molecule has 0 bridgehead atoms. The second-order valence-electron chi connectivity index (χ2n) is 5.78. The average Bonchev–Trinajstić information content (AvgIpc) is 3.01. The molecule has 1 fully saturated rings. The molecule has 4 nitrogen and oxygen atoms in total. The number of hydrogen-bond acceptors (Lipinski definition) is 3. The van der Waals surface area contributed by atoms with E-state index in [9.17, 15) is 4.79 Å². The topological polar surface area (TPSA) is 50.4 Å². The number of fused-ring (bicyclic) bond motifs is 1. The third-order valence-corrected chi connectivity index (χ3v) is 4.44. The first kappa shape index (κ1) is 13.4. The van der Waals surface area contributed by atoms with Gasteiger partial charge in [0.25, 0.3) is 0 Å². The Balaban J connectivity index is 1.68. The van der Waals surface area contributed by atoms with E-state index in [1.807, 2.05) is 18.2 Å². The lowest BCUT2D eigenvalue weighted by Crippen LogP contribution is -2.42. The highest BCUT2D eigenvalue weighted by Crippen LogP contribution is 2.31. The van der Waals surface area contributed by atoms with Gasteiger partial charge in [-0.25, -0.2) is 0 Å². The van der Waals surface area contributed by atoms with Crippen LogP contribution in [0.1, 0.15) is 31.2 Å². The lowest BCUT2D eigenvalue weighted by molar-refractivity contribution is -0.123. The van der Waals surface area contributed by atoms with Crippen LogP contribution in [0, 0.1) is 5.92 Å². The lowest BCUT2D eigenvalue weighted by Gasteiger charge is -2.28. The Morgan fingerprint density at radius 1 is 1.40 bits per heavy atom. The number of amides is 1. The van der Waals surface area contributed by atoms with Gasteiger partial charge in [-0.1, -0.05) is 18.2 Å². The second-order valence-corrected chi connectivity index (χ2v) is 5.78. The largest absolute Gasteiger partial charge is 0.385 e. The van der Waals surface area contributed by atoms with Crippen LogP contribution in [0.3, 0.4) is 0 Å². The highest BCUT2D eigenvalue weighted by Gasteiger charge is 2.29. The molecule has 2 aliphatic rings. The van der Waals surface area contributed by atoms with Crippen LogP contribution in [0.2, 0.25) is 0 Å². The van der Waals surface area contributed by atoms with Gasteiger partial charge in [-0.2, -0.15) is 0 Å². The molecule has 0 spiro atoms. The molecule has 108 valence electrons. The predicted octanol–water partition coefficient (Wildman–Crippen LogP) is 2.13. The van der Waals surface area contributed by atoms with E-state index in [0.717, 1.165) is 43.9 Å². The highest BCUT2D eigenvalue weighted by molar-refractivity contribution is 5.86. The van der Waals surface area contributed by atoms with Crippen molar-refractivity contribution in [1.29, 1.82) is 0 Å². The van der Waals surface area contributed by atoms with E-state index in [-0.39, 0.29) is 17.9 Å². The summed E-state index contributed by atoms with van der Waals surface area (Å²) in [6, 6.07) is 8.29. The minimum atomic E-state index is -0.0304. The van der Waals surface area contributed by atoms with E-state index >= 15 is 0 Å². The lowest BCUT2D eigenvalue weighted by atomic mass is 9.89. The van der Waals surface area contributed by atoms with E-state index in [4.69, 9.17) is 4.74 Å². The Hall–Kier alpha value is -1.55. The van der Waals surface area contributed by atoms with Crippen LogP contribution in [-0.2, 0) is 9.53 Å². The number of rotatable bonds is 3. The first-order valence-corrected chi connectivity index (χ1v) is 7.46. The van der Waals surface area contributed by atoms with Crippen LogP contribution >= 0.6 is 0 Å². The molecule has 0 saturated carbocycles. The number of carbonyl (C=O) groups is 1. The normalized spacial score (nSPS) is 26.4. The summed E-state index contributed by atoms with van der Waals surface area (Å²) in [5.74, 6) is 0.575. The van der Waals surface area contributed by atoms with Crippen molar-refractivity contribution in [3.05, 3.63) is 29.8 Å². The number of anilines is 1. The molecule has 1 aromatic rings. The number of ether oxygens (including phenoxy) is 1. The average molecular weight is 274 g/mol. The molecule has 0 radical (unpaired) electrons. The van der Waals surface area contributed by atoms with Gasteiger partial charge in [0.15, 0.2) is 0 Å². The number of hydrogen-bond donors (Lipinski definition) is 2. The van der Waals surface area contributed by atoms with Crippen LogP contribution in [0.25, 0.3) is 0 Å². The molecular weight excluding hydrogens is 252 g/mol. The third kappa shape index (κ3) is 2.66. The molecule has 20 heavy (non-hydrogen) atoms. The fraction of sp³-hybridized carbons (Fsp3) is 0.562. The zero-order valence-corrected chi connectivity index (χ0v) is 11.9. The van der Waals surface area contributed by atoms with Gasteiger partial charge in [0.1, 0.15) is 0 Å². The van der Waals surface area contributed by atoms with Gasteiger partial charge in [0, 0.05) is 30.8 Å². The molecule has 3 rings (SSSR count). The van der Waals surface area contributed by atoms with Gasteiger partial charge in [0.2, 0.25) is 5.91 Å². The van der Waals surface area contributed by atoms with Crippen LogP contribution in [0.15, 0.2) is 24.3 Å². The first-order valence-electron chi connectivity index (χ1n) is 7.46. The Kier molecular flexibility index (Phi) is 3.92. The third-order valence-electron chi connectivity index (χ3n) is 4.44. The molecule has 2 heterocycles. The van der Waals surface area contributed by atoms with Gasteiger partial charge in [-0.3, -0.25) is 4.79 Å². The molecule has 2 N–H and O–H groups in total. The zero-order valence-electron chi connectivity index (χ0n) is 11.9. The van der Waals surface area contributed by atoms with Gasteiger partial charge in [-0.15, -0.1) is 0 Å². The van der Waals surface area contributed by atoms with Crippen molar-refractivity contribution >= 4 is 11.6 Å². The van der Waals surface area contributed by atoms with Gasteiger partial charge in [0.05, 0.1) is 12.5 Å². The zero-order chi connectivity index (χ0) is 13.9. The van der Waals surface area contributed by atoms with E-state index in [2.05, 4.69) is 23.6 Å². The van der Waals surface area contributed by atoms with Crippen molar-refractivity contribution in [1.82, 2.24) is 5.32 Å². The molecule has 1 saturated heterocycles. The summed E-state index contributed by atoms with van der Waals surface area (Å²) >= 11 is 0. The summed E-state index contributed by atoms with van der Waals surface area (Å²) in [6.07, 6.45) is 1.90. The molecule has 1 amide bonds. The molecule has 2 aliphatic heterocycles. The predicted molar refractivity (Wildman–Crippen MR) is 78.8 cm³/mol. The molecule has 4 heteroatoms. The van der Waals surface area contributed by atoms with Crippen LogP contribution in [0.4, 0.5) is 5.69 Å². The smallest absolute Gasteiger partial charge is 0.227 e. The summed E-state index contributed by atoms with van der Waals surface area (Å²) in [4.78, 5) is 12.5. The Bertz CT molecular complexity index is 483. The fourth-order valence-corrected chi connectivity index (χ4v) is 3.13. The van der Waals surface area contributed by atoms with Crippen molar-refractivity contribution in [3.63, 3.8) is 0 Å². The first-order chi connectivity index (χ1) is 9.75. The van der Waals surface area contributed by atoms with Crippen LogP contribution < -0.4 is 10.6 Å². The SMILES string of the molecule is CC(NC(=O)C1CCNc2ccccc21)C1CCOC1. The minimum absolute atomic E-state index is 0.0304. The fourth-order valence-electron chi connectivity index (χ4n) is 3.13. The summed E-state index contributed by atoms with van der Waals surface area (Å²) in [5, 5.41) is 6.54. The molecule has 0 aliphatic carbocycles. The van der Waals surface area contributed by atoms with Gasteiger partial charge < -0.3 is 15.4 Å². The quantitative estimate of drug-likeness (QED) is 0.887. The molecule has 3 atom stereocenters. The summed E-state index contributed by atoms with van der Waals surface area (Å²) < 4.78 is 5.40. The van der Waals surface area contributed by atoms with Crippen molar-refractivity contribution < 1.29 is 9.53 Å². The van der Waals surface area contributed by atoms with Crippen molar-refractivity contribution in [2.45, 2.75) is 31.7 Å². The van der Waals surface area contributed by atoms with Crippen molar-refractivity contribution in [2.24, 2.45) is 5.92 Å². The summed E-state index contributed by atoms with van der Waals surface area (Å²) in [5.41, 5.74) is 2.21. The van der Waals surface area contributed by atoms with Crippen molar-refractivity contribution in [2.75, 3.05) is 25.1 Å². The second kappa shape index (κ2) is 5.83. The van der Waals surface area contributed by atoms with E-state index in [1.54, 1.807) is 0 Å². The van der Waals surface area contributed by atoms with E-state index in [0.29, 0.717) is 5.92 Å². The summed E-state index contributed by atoms with van der Waals surface area (Å²) in [7, 11) is 0. The van der Waals surface area contributed by atoms with Crippen LogP contribution in [-0.4, -0.2) is 31.7 Å². The molecule has 0 aromatic heterocycles. The Morgan fingerprint density at radius 3 is 3.05 bits per heavy atom. The summed E-state index contributed by atoms with van der Waals surface area (Å²) in [6.45, 7) is 4.53. The monoisotopic (exact) mass is 274 g/mol. The number of carbonyl (C=O) groups excluding carboxylic acids is 1. The minimum Gasteiger partial charge on any atom is -0.385 e.